The maximum Gasteiger partial charge on any atom is 0.435 e. The monoisotopic (exact) mass is 710 g/mol. The Hall–Kier alpha value is -3.96. The predicted octanol–water partition coefficient (Wildman–Crippen LogP) is 8.68. The molecule has 3 aromatic carbocycles. The number of benzene rings is 3. The lowest BCUT2D eigenvalue weighted by Crippen LogP contribution is -2.50. The van der Waals surface area contributed by atoms with Crippen molar-refractivity contribution in [1.29, 1.82) is 0 Å². The topological polar surface area (TPSA) is 58.6 Å². The van der Waals surface area contributed by atoms with Crippen LogP contribution in [0.15, 0.2) is 53.0 Å². The Balaban J connectivity index is 2.09. The van der Waals surface area contributed by atoms with E-state index < -0.39 is 92.2 Å². The number of hydrogen-bond donors (Lipinski definition) is 1. The van der Waals surface area contributed by atoms with E-state index >= 15 is 4.39 Å². The standard InChI is InChI=1S/C26H15BrF12N2O3/c1-2-41(22(43)13-6-3-7-15(28)18(13)29)16-8-4-5-12(19(16)30)21(42)40-20-14(27)9-11(10-17(20)44-23(31)32)24(33,25(34,35)36)26(37,38)39/h3-10,23H,2H2,1H3,(H,40,42). The average molecular weight is 711 g/mol. The smallest absolute Gasteiger partial charge is 0.433 e. The summed E-state index contributed by atoms with van der Waals surface area (Å²) < 4.78 is 167. The van der Waals surface area contributed by atoms with Gasteiger partial charge >= 0.3 is 24.6 Å². The number of rotatable bonds is 8. The zero-order valence-corrected chi connectivity index (χ0v) is 23.1. The van der Waals surface area contributed by atoms with Gasteiger partial charge in [-0.15, -0.1) is 0 Å². The number of ether oxygens (including phenoxy) is 1. The van der Waals surface area contributed by atoms with Gasteiger partial charge in [-0.05, 0) is 59.3 Å². The quantitative estimate of drug-likeness (QED) is 0.238. The van der Waals surface area contributed by atoms with Gasteiger partial charge in [-0.2, -0.15) is 35.1 Å². The first kappa shape index (κ1) is 34.5. The van der Waals surface area contributed by atoms with Gasteiger partial charge in [0.25, 0.3) is 11.8 Å². The van der Waals surface area contributed by atoms with E-state index in [9.17, 15) is 57.9 Å². The van der Waals surface area contributed by atoms with Crippen LogP contribution in [0.3, 0.4) is 0 Å². The Bertz CT molecular complexity index is 1560. The van der Waals surface area contributed by atoms with Gasteiger partial charge in [-0.25, -0.2) is 17.6 Å². The maximum absolute atomic E-state index is 15.5. The Labute approximate surface area is 247 Å². The van der Waals surface area contributed by atoms with E-state index in [0.717, 1.165) is 30.3 Å². The van der Waals surface area contributed by atoms with Crippen molar-refractivity contribution in [1.82, 2.24) is 0 Å². The number of carbonyl (C=O) groups is 2. The van der Waals surface area contributed by atoms with Crippen LogP contribution in [0.4, 0.5) is 64.1 Å². The molecule has 0 aromatic heterocycles. The van der Waals surface area contributed by atoms with Crippen molar-refractivity contribution < 1.29 is 67.0 Å². The number of alkyl halides is 9. The number of halogens is 13. The second kappa shape index (κ2) is 12.6. The summed E-state index contributed by atoms with van der Waals surface area (Å²) in [6, 6.07) is 4.87. The third-order valence-electron chi connectivity index (χ3n) is 5.94. The first-order chi connectivity index (χ1) is 20.3. The van der Waals surface area contributed by atoms with Crippen LogP contribution in [0.2, 0.25) is 0 Å². The minimum absolute atomic E-state index is 0.104. The SMILES string of the molecule is CCN(C(=O)c1cccc(F)c1F)c1cccc(C(=O)Nc2c(Br)cc(C(F)(C(F)(F)F)C(F)(F)F)cc2OC(F)F)c1F. The Morgan fingerprint density at radius 2 is 1.45 bits per heavy atom. The highest BCUT2D eigenvalue weighted by atomic mass is 79.9. The molecule has 0 saturated carbocycles. The summed E-state index contributed by atoms with van der Waals surface area (Å²) in [4.78, 5) is 26.5. The van der Waals surface area contributed by atoms with E-state index in [0.29, 0.717) is 11.0 Å². The summed E-state index contributed by atoms with van der Waals surface area (Å²) in [5, 5.41) is 1.78. The fourth-order valence-corrected chi connectivity index (χ4v) is 4.44. The number of amides is 2. The number of hydrogen-bond acceptors (Lipinski definition) is 3. The molecule has 0 aliphatic rings. The van der Waals surface area contributed by atoms with Gasteiger partial charge in [0.1, 0.15) is 0 Å². The third-order valence-corrected chi connectivity index (χ3v) is 6.57. The fourth-order valence-electron chi connectivity index (χ4n) is 3.90. The highest BCUT2D eigenvalue weighted by Crippen LogP contribution is 2.55. The molecule has 0 fully saturated rings. The minimum Gasteiger partial charge on any atom is -0.433 e. The molecule has 3 aromatic rings. The molecule has 2 amide bonds. The lowest BCUT2D eigenvalue weighted by molar-refractivity contribution is -0.348. The van der Waals surface area contributed by atoms with Crippen LogP contribution >= 0.6 is 15.9 Å². The zero-order valence-electron chi connectivity index (χ0n) is 21.5. The lowest BCUT2D eigenvalue weighted by atomic mass is 9.93. The van der Waals surface area contributed by atoms with Crippen LogP contribution < -0.4 is 15.0 Å². The maximum atomic E-state index is 15.5. The number of carbonyl (C=O) groups excluding carboxylic acids is 2. The Morgan fingerprint density at radius 1 is 0.886 bits per heavy atom. The van der Waals surface area contributed by atoms with Crippen molar-refractivity contribution in [3.05, 3.63) is 87.1 Å². The second-order valence-electron chi connectivity index (χ2n) is 8.61. The molecule has 0 spiro atoms. The molecule has 0 aliphatic heterocycles. The largest absolute Gasteiger partial charge is 0.435 e. The Morgan fingerprint density at radius 3 is 2.00 bits per heavy atom. The molecule has 0 bridgehead atoms. The minimum atomic E-state index is -6.63. The first-order valence-corrected chi connectivity index (χ1v) is 12.5. The van der Waals surface area contributed by atoms with Crippen molar-refractivity contribution in [2.24, 2.45) is 0 Å². The Kier molecular flexibility index (Phi) is 9.86. The highest BCUT2D eigenvalue weighted by Gasteiger charge is 2.73. The van der Waals surface area contributed by atoms with E-state index in [4.69, 9.17) is 0 Å². The van der Waals surface area contributed by atoms with E-state index in [1.165, 1.54) is 6.92 Å². The van der Waals surface area contributed by atoms with E-state index in [1.54, 1.807) is 5.32 Å². The summed E-state index contributed by atoms with van der Waals surface area (Å²) in [6.07, 6.45) is -13.3. The summed E-state index contributed by atoms with van der Waals surface area (Å²) in [5.41, 5.74) is -11.8. The van der Waals surface area contributed by atoms with Gasteiger partial charge in [-0.1, -0.05) is 12.1 Å². The van der Waals surface area contributed by atoms with Crippen molar-refractivity contribution >= 4 is 39.1 Å². The summed E-state index contributed by atoms with van der Waals surface area (Å²) >= 11 is 2.49. The molecular formula is C26H15BrF12N2O3. The highest BCUT2D eigenvalue weighted by molar-refractivity contribution is 9.10. The average Bonchev–Trinajstić information content (AvgIpc) is 2.91. The molecule has 0 atom stereocenters. The molecule has 3 rings (SSSR count). The summed E-state index contributed by atoms with van der Waals surface area (Å²) in [5.74, 6) is -8.81. The molecule has 0 heterocycles. The summed E-state index contributed by atoms with van der Waals surface area (Å²) in [7, 11) is 0. The van der Waals surface area contributed by atoms with Crippen molar-refractivity contribution in [3.8, 4) is 5.75 Å². The summed E-state index contributed by atoms with van der Waals surface area (Å²) in [6.45, 7) is -2.97. The molecule has 44 heavy (non-hydrogen) atoms. The van der Waals surface area contributed by atoms with Crippen LogP contribution in [-0.4, -0.2) is 37.3 Å². The molecule has 0 radical (unpaired) electrons. The van der Waals surface area contributed by atoms with Gasteiger partial charge in [0.05, 0.1) is 22.5 Å². The number of anilines is 2. The molecule has 0 unspecified atom stereocenters. The van der Waals surface area contributed by atoms with Crippen molar-refractivity contribution in [2.45, 2.75) is 31.6 Å². The van der Waals surface area contributed by atoms with Crippen molar-refractivity contribution in [3.63, 3.8) is 0 Å². The predicted molar refractivity (Wildman–Crippen MR) is 134 cm³/mol. The van der Waals surface area contributed by atoms with E-state index in [-0.39, 0.29) is 18.7 Å². The second-order valence-corrected chi connectivity index (χ2v) is 9.46. The normalized spacial score (nSPS) is 12.3. The van der Waals surface area contributed by atoms with Gasteiger partial charge in [0, 0.05) is 16.6 Å². The first-order valence-electron chi connectivity index (χ1n) is 11.7. The van der Waals surface area contributed by atoms with Crippen LogP contribution in [0.5, 0.6) is 5.75 Å². The zero-order chi connectivity index (χ0) is 33.4. The number of nitrogens with zero attached hydrogens (tertiary/aromatic N) is 1. The molecule has 5 nitrogen and oxygen atoms in total. The molecule has 0 saturated heterocycles. The lowest BCUT2D eigenvalue weighted by Gasteiger charge is -2.31. The van der Waals surface area contributed by atoms with Gasteiger partial charge in [-0.3, -0.25) is 9.59 Å². The van der Waals surface area contributed by atoms with Crippen LogP contribution in [0.25, 0.3) is 0 Å². The number of nitrogens with one attached hydrogen (secondary N) is 1. The van der Waals surface area contributed by atoms with Crippen molar-refractivity contribution in [2.75, 3.05) is 16.8 Å². The van der Waals surface area contributed by atoms with Gasteiger partial charge in [0.15, 0.2) is 23.2 Å². The molecule has 1 N–H and O–H groups in total. The fraction of sp³-hybridized carbons (Fsp3) is 0.231. The molecule has 0 aliphatic carbocycles. The van der Waals surface area contributed by atoms with Crippen LogP contribution in [-0.2, 0) is 5.67 Å². The van der Waals surface area contributed by atoms with E-state index in [2.05, 4.69) is 20.7 Å². The molecular weight excluding hydrogens is 696 g/mol. The van der Waals surface area contributed by atoms with Crippen LogP contribution in [0.1, 0.15) is 33.2 Å². The van der Waals surface area contributed by atoms with Crippen LogP contribution in [0, 0.1) is 17.5 Å². The molecule has 18 heteroatoms. The third kappa shape index (κ3) is 6.44. The van der Waals surface area contributed by atoms with E-state index in [1.807, 2.05) is 0 Å². The van der Waals surface area contributed by atoms with Gasteiger partial charge in [0.2, 0.25) is 0 Å². The molecule has 238 valence electrons. The van der Waals surface area contributed by atoms with Gasteiger partial charge < -0.3 is 15.0 Å².